The first-order chi connectivity index (χ1) is 4.33. The minimum atomic E-state index is 0.163. The first-order valence-corrected chi connectivity index (χ1v) is 3.65. The van der Waals surface area contributed by atoms with E-state index in [1.165, 1.54) is 0 Å². The lowest BCUT2D eigenvalue weighted by Crippen LogP contribution is -2.13. The molecule has 1 aliphatic heterocycles. The van der Waals surface area contributed by atoms with Gasteiger partial charge in [0.2, 0.25) is 0 Å². The smallest absolute Gasteiger partial charge is 0.104 e. The molecule has 0 amide bonds. The van der Waals surface area contributed by atoms with Crippen molar-refractivity contribution in [3.8, 4) is 0 Å². The molecule has 0 bridgehead atoms. The van der Waals surface area contributed by atoms with Crippen LogP contribution in [0.1, 0.15) is 6.92 Å². The lowest BCUT2D eigenvalue weighted by molar-refractivity contribution is 0.0683. The highest BCUT2D eigenvalue weighted by atomic mass is 35.5. The van der Waals surface area contributed by atoms with Crippen molar-refractivity contribution in [1.82, 2.24) is 0 Å². The normalized spacial score (nSPS) is 28.0. The summed E-state index contributed by atoms with van der Waals surface area (Å²) in [7, 11) is 0. The maximum Gasteiger partial charge on any atom is 0.104 e. The molecule has 0 aromatic rings. The lowest BCUT2D eigenvalue weighted by atomic mass is 10.4. The Bertz CT molecular complexity index is 83.1. The Labute approximate surface area is 60.1 Å². The minimum Gasteiger partial charge on any atom is -0.374 e. The molecule has 1 rings (SSSR count). The molecule has 1 aliphatic rings. The molecule has 1 fully saturated rings. The molecule has 0 saturated carbocycles. The highest BCUT2D eigenvalue weighted by molar-refractivity contribution is 6.18. The second-order valence-electron chi connectivity index (χ2n) is 2.25. The number of epoxide rings is 1. The summed E-state index contributed by atoms with van der Waals surface area (Å²) in [5, 5.41) is 0. The van der Waals surface area contributed by atoms with Crippen LogP contribution in [0.15, 0.2) is 0 Å². The first-order valence-electron chi connectivity index (χ1n) is 3.12. The van der Waals surface area contributed by atoms with Gasteiger partial charge in [-0.05, 0) is 6.92 Å². The average Bonchev–Trinajstić information content (AvgIpc) is 2.65. The quantitative estimate of drug-likeness (QED) is 0.441. The van der Waals surface area contributed by atoms with Crippen LogP contribution >= 0.6 is 11.6 Å². The van der Waals surface area contributed by atoms with Crippen LogP contribution in [-0.4, -0.2) is 31.3 Å². The van der Waals surface area contributed by atoms with E-state index in [0.717, 1.165) is 6.61 Å². The van der Waals surface area contributed by atoms with Crippen LogP contribution in [0, 0.1) is 0 Å². The highest BCUT2D eigenvalue weighted by Gasteiger charge is 2.22. The molecule has 0 aliphatic carbocycles. The maximum absolute atomic E-state index is 5.49. The number of hydrogen-bond donors (Lipinski definition) is 0. The fraction of sp³-hybridized carbons (Fsp3) is 1.00. The van der Waals surface area contributed by atoms with Gasteiger partial charge in [-0.2, -0.15) is 0 Å². The van der Waals surface area contributed by atoms with E-state index in [1.54, 1.807) is 0 Å². The van der Waals surface area contributed by atoms with Crippen molar-refractivity contribution < 1.29 is 9.47 Å². The number of ether oxygens (including phenoxy) is 2. The monoisotopic (exact) mass is 150 g/mol. The van der Waals surface area contributed by atoms with Crippen molar-refractivity contribution in [2.24, 2.45) is 0 Å². The van der Waals surface area contributed by atoms with Gasteiger partial charge in [0.05, 0.1) is 19.3 Å². The predicted molar refractivity (Wildman–Crippen MR) is 35.9 cm³/mol. The SMILES string of the molecule is CC(CCl)OCC1CO1. The molecule has 0 spiro atoms. The van der Waals surface area contributed by atoms with Crippen molar-refractivity contribution in [2.75, 3.05) is 19.1 Å². The summed E-state index contributed by atoms with van der Waals surface area (Å²) in [6.07, 6.45) is 0.520. The largest absolute Gasteiger partial charge is 0.374 e. The van der Waals surface area contributed by atoms with Gasteiger partial charge in [-0.15, -0.1) is 11.6 Å². The van der Waals surface area contributed by atoms with Gasteiger partial charge >= 0.3 is 0 Å². The summed E-state index contributed by atoms with van der Waals surface area (Å²) in [5.74, 6) is 0.562. The Kier molecular flexibility index (Phi) is 2.76. The summed E-state index contributed by atoms with van der Waals surface area (Å²) in [6.45, 7) is 3.51. The molecule has 2 nitrogen and oxygen atoms in total. The van der Waals surface area contributed by atoms with Crippen molar-refractivity contribution >= 4 is 11.6 Å². The van der Waals surface area contributed by atoms with E-state index in [4.69, 9.17) is 21.1 Å². The van der Waals surface area contributed by atoms with Crippen molar-refractivity contribution in [1.29, 1.82) is 0 Å². The van der Waals surface area contributed by atoms with E-state index < -0.39 is 0 Å². The molecule has 0 aromatic carbocycles. The molecule has 1 heterocycles. The number of halogens is 1. The molecule has 3 heteroatoms. The average molecular weight is 151 g/mol. The number of hydrogen-bond acceptors (Lipinski definition) is 2. The molecular weight excluding hydrogens is 140 g/mol. The Balaban J connectivity index is 1.90. The molecule has 2 unspecified atom stereocenters. The second-order valence-corrected chi connectivity index (χ2v) is 2.56. The third-order valence-electron chi connectivity index (χ3n) is 1.19. The van der Waals surface area contributed by atoms with Gasteiger partial charge in [0, 0.05) is 5.88 Å². The third kappa shape index (κ3) is 3.04. The summed E-state index contributed by atoms with van der Waals surface area (Å²) >= 11 is 5.49. The van der Waals surface area contributed by atoms with Crippen LogP contribution in [0.3, 0.4) is 0 Å². The fourth-order valence-electron chi connectivity index (χ4n) is 0.480. The van der Waals surface area contributed by atoms with Gasteiger partial charge in [0.15, 0.2) is 0 Å². The topological polar surface area (TPSA) is 21.8 Å². The van der Waals surface area contributed by atoms with Gasteiger partial charge in [-0.1, -0.05) is 0 Å². The fourth-order valence-corrected chi connectivity index (χ4v) is 0.569. The molecule has 0 radical (unpaired) electrons. The van der Waals surface area contributed by atoms with Gasteiger partial charge in [-0.25, -0.2) is 0 Å². The Hall–Kier alpha value is 0.210. The molecule has 1 saturated heterocycles. The number of alkyl halides is 1. The maximum atomic E-state index is 5.49. The van der Waals surface area contributed by atoms with E-state index >= 15 is 0 Å². The van der Waals surface area contributed by atoms with Crippen LogP contribution in [0.5, 0.6) is 0 Å². The Morgan fingerprint density at radius 1 is 1.89 bits per heavy atom. The van der Waals surface area contributed by atoms with E-state index in [9.17, 15) is 0 Å². The van der Waals surface area contributed by atoms with Crippen molar-refractivity contribution in [3.63, 3.8) is 0 Å². The molecule has 54 valence electrons. The van der Waals surface area contributed by atoms with Gasteiger partial charge < -0.3 is 9.47 Å². The Morgan fingerprint density at radius 2 is 2.56 bits per heavy atom. The Morgan fingerprint density at radius 3 is 3.00 bits per heavy atom. The van der Waals surface area contributed by atoms with Crippen molar-refractivity contribution in [2.45, 2.75) is 19.1 Å². The zero-order valence-corrected chi connectivity index (χ0v) is 6.23. The second kappa shape index (κ2) is 3.40. The first kappa shape index (κ1) is 7.32. The van der Waals surface area contributed by atoms with Gasteiger partial charge in [-0.3, -0.25) is 0 Å². The highest BCUT2D eigenvalue weighted by Crippen LogP contribution is 2.09. The zero-order chi connectivity index (χ0) is 6.69. The van der Waals surface area contributed by atoms with Crippen LogP contribution in [-0.2, 0) is 9.47 Å². The molecule has 0 aromatic heterocycles. The molecule has 2 atom stereocenters. The van der Waals surface area contributed by atoms with Crippen molar-refractivity contribution in [3.05, 3.63) is 0 Å². The third-order valence-corrected chi connectivity index (χ3v) is 1.62. The zero-order valence-electron chi connectivity index (χ0n) is 5.47. The van der Waals surface area contributed by atoms with E-state index in [1.807, 2.05) is 6.92 Å². The van der Waals surface area contributed by atoms with Crippen LogP contribution in [0.2, 0.25) is 0 Å². The minimum absolute atomic E-state index is 0.163. The van der Waals surface area contributed by atoms with Crippen LogP contribution in [0.25, 0.3) is 0 Å². The standard InChI is InChI=1S/C6H11ClO2/c1-5(2-7)8-3-6-4-9-6/h5-6H,2-4H2,1H3. The molecule has 9 heavy (non-hydrogen) atoms. The van der Waals surface area contributed by atoms with E-state index in [-0.39, 0.29) is 6.10 Å². The lowest BCUT2D eigenvalue weighted by Gasteiger charge is -2.06. The number of rotatable bonds is 4. The van der Waals surface area contributed by atoms with Crippen LogP contribution < -0.4 is 0 Å². The molecular formula is C6H11ClO2. The van der Waals surface area contributed by atoms with Gasteiger partial charge in [0.25, 0.3) is 0 Å². The summed E-state index contributed by atoms with van der Waals surface area (Å²) in [4.78, 5) is 0. The van der Waals surface area contributed by atoms with E-state index in [0.29, 0.717) is 18.6 Å². The summed E-state index contributed by atoms with van der Waals surface area (Å²) in [6, 6.07) is 0. The van der Waals surface area contributed by atoms with Gasteiger partial charge in [0.1, 0.15) is 6.10 Å². The van der Waals surface area contributed by atoms with Crippen LogP contribution in [0.4, 0.5) is 0 Å². The summed E-state index contributed by atoms with van der Waals surface area (Å²) in [5.41, 5.74) is 0. The summed E-state index contributed by atoms with van der Waals surface area (Å²) < 4.78 is 10.2. The van der Waals surface area contributed by atoms with E-state index in [2.05, 4.69) is 0 Å². The predicted octanol–water partition coefficient (Wildman–Crippen LogP) is 1.03. The molecule has 0 N–H and O–H groups in total.